The number of hydrogen-bond acceptors (Lipinski definition) is 5. The molecule has 0 fully saturated rings. The molecule has 0 unspecified atom stereocenters. The summed E-state index contributed by atoms with van der Waals surface area (Å²) < 4.78 is 4.91. The van der Waals surface area contributed by atoms with Gasteiger partial charge < -0.3 is 0 Å². The molecule has 4 aromatic heterocycles. The van der Waals surface area contributed by atoms with Crippen molar-refractivity contribution in [3.05, 3.63) is 29.1 Å². The van der Waals surface area contributed by atoms with Gasteiger partial charge in [-0.3, -0.25) is 9.36 Å². The van der Waals surface area contributed by atoms with Crippen LogP contribution in [0.3, 0.4) is 0 Å². The van der Waals surface area contributed by atoms with E-state index in [1.54, 1.807) is 28.6 Å². The van der Waals surface area contributed by atoms with Crippen LogP contribution in [0.15, 0.2) is 23.5 Å². The molecule has 0 aliphatic rings. The van der Waals surface area contributed by atoms with Crippen LogP contribution < -0.4 is 5.56 Å². The van der Waals surface area contributed by atoms with E-state index in [0.29, 0.717) is 23.2 Å². The van der Waals surface area contributed by atoms with E-state index in [0.717, 1.165) is 11.0 Å². The Morgan fingerprint density at radius 2 is 2.00 bits per heavy atom. The maximum absolute atomic E-state index is 12.4. The Hall–Kier alpha value is -2.77. The first-order valence-corrected chi connectivity index (χ1v) is 6.25. The van der Waals surface area contributed by atoms with Crippen LogP contribution in [0.25, 0.3) is 27.7 Å². The first-order chi connectivity index (χ1) is 9.72. The van der Waals surface area contributed by atoms with Crippen LogP contribution in [0.4, 0.5) is 0 Å². The standard InChI is InChI=1S/C12H11N7O/c1-3-18-10-7(5-15-18)9-8(4-13-10)11(20)17(2)12-14-6-16-19(9)12/h4-6H,3H2,1-2H3. The van der Waals surface area contributed by atoms with Gasteiger partial charge in [0.1, 0.15) is 6.33 Å². The third-order valence-corrected chi connectivity index (χ3v) is 3.51. The van der Waals surface area contributed by atoms with Crippen LogP contribution in [0, 0.1) is 0 Å². The molecular formula is C12H11N7O. The average Bonchev–Trinajstić information content (AvgIpc) is 3.10. The van der Waals surface area contributed by atoms with Crippen molar-refractivity contribution in [2.24, 2.45) is 7.05 Å². The Morgan fingerprint density at radius 1 is 1.15 bits per heavy atom. The molecule has 0 atom stereocenters. The molecule has 8 nitrogen and oxygen atoms in total. The molecule has 4 rings (SSSR count). The van der Waals surface area contributed by atoms with Crippen molar-refractivity contribution >= 4 is 27.7 Å². The summed E-state index contributed by atoms with van der Waals surface area (Å²) in [4.78, 5) is 20.9. The van der Waals surface area contributed by atoms with Gasteiger partial charge in [0.2, 0.25) is 5.78 Å². The van der Waals surface area contributed by atoms with E-state index in [-0.39, 0.29) is 5.56 Å². The van der Waals surface area contributed by atoms with Crippen molar-refractivity contribution in [2.75, 3.05) is 0 Å². The van der Waals surface area contributed by atoms with Crippen LogP contribution in [0.5, 0.6) is 0 Å². The summed E-state index contributed by atoms with van der Waals surface area (Å²) in [5, 5.41) is 9.82. The normalized spacial score (nSPS) is 11.9. The van der Waals surface area contributed by atoms with E-state index in [2.05, 4.69) is 20.2 Å². The number of rotatable bonds is 1. The Kier molecular flexibility index (Phi) is 2.01. The molecule has 0 aliphatic heterocycles. The summed E-state index contributed by atoms with van der Waals surface area (Å²) in [6, 6.07) is 0. The van der Waals surface area contributed by atoms with Crippen molar-refractivity contribution < 1.29 is 0 Å². The van der Waals surface area contributed by atoms with Crippen LogP contribution in [-0.4, -0.2) is 33.9 Å². The topological polar surface area (TPSA) is 82.9 Å². The summed E-state index contributed by atoms with van der Waals surface area (Å²) >= 11 is 0. The molecule has 0 radical (unpaired) electrons. The number of fused-ring (bicyclic) bond motifs is 5. The van der Waals surface area contributed by atoms with Gasteiger partial charge >= 0.3 is 0 Å². The smallest absolute Gasteiger partial charge is 0.264 e. The minimum atomic E-state index is -0.140. The van der Waals surface area contributed by atoms with Gasteiger partial charge in [0.15, 0.2) is 5.65 Å². The summed E-state index contributed by atoms with van der Waals surface area (Å²) in [5.74, 6) is 0.499. The van der Waals surface area contributed by atoms with Crippen LogP contribution in [-0.2, 0) is 13.6 Å². The van der Waals surface area contributed by atoms with Crippen molar-refractivity contribution in [1.82, 2.24) is 33.9 Å². The van der Waals surface area contributed by atoms with Gasteiger partial charge in [0.25, 0.3) is 5.56 Å². The molecule has 0 saturated carbocycles. The first kappa shape index (κ1) is 11.1. The molecule has 0 N–H and O–H groups in total. The summed E-state index contributed by atoms with van der Waals surface area (Å²) in [7, 11) is 1.67. The lowest BCUT2D eigenvalue weighted by Crippen LogP contribution is -2.20. The van der Waals surface area contributed by atoms with Crippen LogP contribution in [0.1, 0.15) is 6.92 Å². The fraction of sp³-hybridized carbons (Fsp3) is 0.250. The Morgan fingerprint density at radius 3 is 2.80 bits per heavy atom. The Labute approximate surface area is 112 Å². The molecule has 0 aliphatic carbocycles. The second-order valence-corrected chi connectivity index (χ2v) is 4.55. The SMILES string of the molecule is CCn1ncc2c1ncc1c(=O)n(C)c3ncnn3c12. The Balaban J connectivity index is 2.38. The fourth-order valence-corrected chi connectivity index (χ4v) is 2.52. The van der Waals surface area contributed by atoms with Crippen molar-refractivity contribution in [3.8, 4) is 0 Å². The van der Waals surface area contributed by atoms with Gasteiger partial charge in [0, 0.05) is 19.8 Å². The van der Waals surface area contributed by atoms with Crippen molar-refractivity contribution in [2.45, 2.75) is 13.5 Å². The van der Waals surface area contributed by atoms with Crippen LogP contribution in [0.2, 0.25) is 0 Å². The number of hydrogen-bond donors (Lipinski definition) is 0. The lowest BCUT2D eigenvalue weighted by Gasteiger charge is -2.05. The largest absolute Gasteiger partial charge is 0.279 e. The molecule has 0 saturated heterocycles. The molecule has 0 spiro atoms. The molecule has 0 bridgehead atoms. The zero-order chi connectivity index (χ0) is 13.9. The van der Waals surface area contributed by atoms with E-state index in [4.69, 9.17) is 0 Å². The number of aryl methyl sites for hydroxylation is 2. The molecule has 0 amide bonds. The van der Waals surface area contributed by atoms with E-state index in [1.165, 1.54) is 10.9 Å². The van der Waals surface area contributed by atoms with Gasteiger partial charge in [-0.15, -0.1) is 0 Å². The number of aromatic nitrogens is 7. The van der Waals surface area contributed by atoms with Gasteiger partial charge in [-0.25, -0.2) is 9.67 Å². The quantitative estimate of drug-likeness (QED) is 0.498. The van der Waals surface area contributed by atoms with Gasteiger partial charge in [-0.05, 0) is 6.92 Å². The van der Waals surface area contributed by atoms with Gasteiger partial charge in [0.05, 0.1) is 22.5 Å². The zero-order valence-corrected chi connectivity index (χ0v) is 11.0. The third-order valence-electron chi connectivity index (χ3n) is 3.51. The highest BCUT2D eigenvalue weighted by Gasteiger charge is 2.15. The predicted molar refractivity (Wildman–Crippen MR) is 72.5 cm³/mol. The monoisotopic (exact) mass is 269 g/mol. The summed E-state index contributed by atoms with van der Waals surface area (Å²) in [6.07, 6.45) is 4.73. The maximum atomic E-state index is 12.4. The zero-order valence-electron chi connectivity index (χ0n) is 11.0. The first-order valence-electron chi connectivity index (χ1n) is 6.25. The summed E-state index contributed by atoms with van der Waals surface area (Å²) in [5.41, 5.74) is 1.30. The number of pyridine rings is 1. The molecular weight excluding hydrogens is 258 g/mol. The highest BCUT2D eigenvalue weighted by atomic mass is 16.1. The molecule has 100 valence electrons. The minimum Gasteiger partial charge on any atom is -0.279 e. The summed E-state index contributed by atoms with van der Waals surface area (Å²) in [6.45, 7) is 2.71. The lowest BCUT2D eigenvalue weighted by molar-refractivity contribution is 0.677. The van der Waals surface area contributed by atoms with Crippen LogP contribution >= 0.6 is 0 Å². The molecule has 4 heterocycles. The minimum absolute atomic E-state index is 0.140. The van der Waals surface area contributed by atoms with E-state index < -0.39 is 0 Å². The van der Waals surface area contributed by atoms with E-state index in [1.807, 2.05) is 6.92 Å². The fourth-order valence-electron chi connectivity index (χ4n) is 2.52. The van der Waals surface area contributed by atoms with Gasteiger partial charge in [-0.1, -0.05) is 0 Å². The van der Waals surface area contributed by atoms with E-state index in [9.17, 15) is 4.79 Å². The second kappa shape index (κ2) is 3.62. The predicted octanol–water partition coefficient (Wildman–Crippen LogP) is 0.346. The molecule has 8 heteroatoms. The highest BCUT2D eigenvalue weighted by molar-refractivity contribution is 6.02. The lowest BCUT2D eigenvalue weighted by atomic mass is 10.2. The van der Waals surface area contributed by atoms with Crippen molar-refractivity contribution in [3.63, 3.8) is 0 Å². The second-order valence-electron chi connectivity index (χ2n) is 4.55. The Bertz CT molecular complexity index is 1020. The molecule has 4 aromatic rings. The molecule has 0 aromatic carbocycles. The number of nitrogens with zero attached hydrogens (tertiary/aromatic N) is 7. The van der Waals surface area contributed by atoms with E-state index >= 15 is 0 Å². The van der Waals surface area contributed by atoms with Gasteiger partial charge in [-0.2, -0.15) is 19.7 Å². The van der Waals surface area contributed by atoms with Crippen molar-refractivity contribution in [1.29, 1.82) is 0 Å². The highest BCUT2D eigenvalue weighted by Crippen LogP contribution is 2.21. The molecule has 20 heavy (non-hydrogen) atoms. The maximum Gasteiger partial charge on any atom is 0.264 e. The third kappa shape index (κ3) is 1.18. The average molecular weight is 269 g/mol.